The van der Waals surface area contributed by atoms with Crippen molar-refractivity contribution < 1.29 is 9.90 Å². The third-order valence-electron chi connectivity index (χ3n) is 4.39. The number of rotatable bonds is 4. The Labute approximate surface area is 146 Å². The number of allylic oxidation sites excluding steroid dienone is 3. The lowest BCUT2D eigenvalue weighted by molar-refractivity contribution is 0.0696. The van der Waals surface area contributed by atoms with Crippen molar-refractivity contribution in [2.24, 2.45) is 0 Å². The van der Waals surface area contributed by atoms with Crippen molar-refractivity contribution in [1.29, 1.82) is 5.26 Å². The quantitative estimate of drug-likeness (QED) is 0.905. The first-order valence-electron chi connectivity index (χ1n) is 8.20. The van der Waals surface area contributed by atoms with E-state index in [1.165, 1.54) is 11.8 Å². The molecule has 1 atom stereocenters. The molecular weight excluding hydrogens is 312 g/mol. The second-order valence-electron chi connectivity index (χ2n) is 6.11. The Morgan fingerprint density at radius 3 is 2.80 bits per heavy atom. The van der Waals surface area contributed by atoms with Gasteiger partial charge in [0, 0.05) is 23.9 Å². The maximum absolute atomic E-state index is 11.1. The van der Waals surface area contributed by atoms with Gasteiger partial charge in [-0.05, 0) is 47.2 Å². The highest BCUT2D eigenvalue weighted by molar-refractivity contribution is 5.87. The summed E-state index contributed by atoms with van der Waals surface area (Å²) in [6, 6.07) is 10.2. The van der Waals surface area contributed by atoms with Crippen LogP contribution in [0.4, 0.5) is 0 Å². The van der Waals surface area contributed by atoms with Crippen LogP contribution in [-0.2, 0) is 6.42 Å². The maximum atomic E-state index is 11.1. The lowest BCUT2D eigenvalue weighted by Crippen LogP contribution is -2.01. The number of pyridine rings is 1. The number of aromatic carboxylic acids is 1. The Hall–Kier alpha value is -3.19. The molecule has 1 N–H and O–H groups in total. The summed E-state index contributed by atoms with van der Waals surface area (Å²) < 4.78 is 0. The molecule has 0 bridgehead atoms. The van der Waals surface area contributed by atoms with E-state index in [0.29, 0.717) is 12.0 Å². The number of benzene rings is 1. The predicted molar refractivity (Wildman–Crippen MR) is 96.2 cm³/mol. The fraction of sp³-hybridized carbons (Fsp3) is 0.190. The van der Waals surface area contributed by atoms with Crippen molar-refractivity contribution >= 4 is 12.0 Å². The lowest BCUT2D eigenvalue weighted by atomic mass is 9.90. The zero-order chi connectivity index (χ0) is 17.8. The number of carbonyl (C=O) groups is 1. The second-order valence-corrected chi connectivity index (χ2v) is 6.11. The number of hydrogen-bond donors (Lipinski definition) is 1. The van der Waals surface area contributed by atoms with Crippen molar-refractivity contribution in [3.05, 3.63) is 82.2 Å². The van der Waals surface area contributed by atoms with Crippen molar-refractivity contribution in [2.45, 2.75) is 25.7 Å². The fourth-order valence-corrected chi connectivity index (χ4v) is 3.11. The van der Waals surface area contributed by atoms with E-state index in [1.807, 2.05) is 18.2 Å². The molecule has 0 aliphatic heterocycles. The van der Waals surface area contributed by atoms with E-state index in [4.69, 9.17) is 5.11 Å². The Morgan fingerprint density at radius 1 is 1.24 bits per heavy atom. The summed E-state index contributed by atoms with van der Waals surface area (Å²) in [5.41, 5.74) is 5.14. The minimum Gasteiger partial charge on any atom is -0.478 e. The molecule has 1 aromatic carbocycles. The molecule has 1 aliphatic rings. The molecule has 1 aromatic heterocycles. The Kier molecular flexibility index (Phi) is 4.76. The van der Waals surface area contributed by atoms with E-state index < -0.39 is 5.97 Å². The molecule has 0 saturated heterocycles. The average molecular weight is 330 g/mol. The van der Waals surface area contributed by atoms with Crippen LogP contribution in [0.25, 0.3) is 6.08 Å². The maximum Gasteiger partial charge on any atom is 0.337 e. The van der Waals surface area contributed by atoms with Crippen LogP contribution in [0.2, 0.25) is 0 Å². The SMILES string of the molecule is CCC1C=C(C#N)C=Cc2cc(Cc3cncc(C(=O)O)c3)ccc21. The Bertz CT molecular complexity index is 920. The molecule has 0 saturated carbocycles. The smallest absolute Gasteiger partial charge is 0.337 e. The number of aromatic nitrogens is 1. The third-order valence-corrected chi connectivity index (χ3v) is 4.39. The van der Waals surface area contributed by atoms with Gasteiger partial charge in [-0.3, -0.25) is 4.98 Å². The molecule has 0 spiro atoms. The van der Waals surface area contributed by atoms with Crippen LogP contribution in [0.5, 0.6) is 0 Å². The molecule has 4 heteroatoms. The molecule has 0 amide bonds. The summed E-state index contributed by atoms with van der Waals surface area (Å²) >= 11 is 0. The van der Waals surface area contributed by atoms with Gasteiger partial charge in [-0.1, -0.05) is 37.3 Å². The summed E-state index contributed by atoms with van der Waals surface area (Å²) in [6.07, 6.45) is 10.4. The fourth-order valence-electron chi connectivity index (χ4n) is 3.11. The van der Waals surface area contributed by atoms with Gasteiger partial charge in [0.05, 0.1) is 11.6 Å². The lowest BCUT2D eigenvalue weighted by Gasteiger charge is -2.14. The van der Waals surface area contributed by atoms with Crippen molar-refractivity contribution in [3.8, 4) is 6.07 Å². The van der Waals surface area contributed by atoms with Crippen LogP contribution in [-0.4, -0.2) is 16.1 Å². The van der Waals surface area contributed by atoms with Crippen molar-refractivity contribution in [3.63, 3.8) is 0 Å². The van der Waals surface area contributed by atoms with Crippen LogP contribution < -0.4 is 0 Å². The minimum absolute atomic E-state index is 0.195. The molecule has 3 rings (SSSR count). The third kappa shape index (κ3) is 3.67. The van der Waals surface area contributed by atoms with E-state index in [2.05, 4.69) is 36.2 Å². The molecule has 2 aromatic rings. The molecule has 1 unspecified atom stereocenters. The molecule has 25 heavy (non-hydrogen) atoms. The topological polar surface area (TPSA) is 74.0 Å². The Morgan fingerprint density at radius 2 is 2.08 bits per heavy atom. The number of fused-ring (bicyclic) bond motifs is 1. The largest absolute Gasteiger partial charge is 0.478 e. The summed E-state index contributed by atoms with van der Waals surface area (Å²) in [4.78, 5) is 15.1. The van der Waals surface area contributed by atoms with Gasteiger partial charge in [-0.2, -0.15) is 5.26 Å². The normalized spacial score (nSPS) is 15.7. The number of nitrogens with zero attached hydrogens (tertiary/aromatic N) is 2. The molecule has 1 aliphatic carbocycles. The van der Waals surface area contributed by atoms with E-state index >= 15 is 0 Å². The molecule has 0 radical (unpaired) electrons. The van der Waals surface area contributed by atoms with E-state index in [1.54, 1.807) is 12.3 Å². The average Bonchev–Trinajstić information content (AvgIpc) is 2.80. The first-order chi connectivity index (χ1) is 12.1. The monoisotopic (exact) mass is 330 g/mol. The van der Waals surface area contributed by atoms with Crippen molar-refractivity contribution in [2.75, 3.05) is 0 Å². The van der Waals surface area contributed by atoms with Crippen LogP contribution in [0.1, 0.15) is 51.9 Å². The predicted octanol–water partition coefficient (Wildman–Crippen LogP) is 4.34. The molecule has 124 valence electrons. The van der Waals surface area contributed by atoms with E-state index in [0.717, 1.165) is 23.1 Å². The summed E-state index contributed by atoms with van der Waals surface area (Å²) in [5, 5.41) is 18.3. The van der Waals surface area contributed by atoms with Crippen LogP contribution in [0.3, 0.4) is 0 Å². The van der Waals surface area contributed by atoms with Crippen LogP contribution in [0.15, 0.2) is 54.4 Å². The van der Waals surface area contributed by atoms with Crippen LogP contribution >= 0.6 is 0 Å². The van der Waals surface area contributed by atoms with E-state index in [-0.39, 0.29) is 11.5 Å². The van der Waals surface area contributed by atoms with Gasteiger partial charge in [0.2, 0.25) is 0 Å². The van der Waals surface area contributed by atoms with Gasteiger partial charge in [0.25, 0.3) is 0 Å². The Balaban J connectivity index is 1.92. The molecular formula is C21H18N2O2. The highest BCUT2D eigenvalue weighted by Gasteiger charge is 2.15. The highest BCUT2D eigenvalue weighted by atomic mass is 16.4. The van der Waals surface area contributed by atoms with Gasteiger partial charge in [-0.15, -0.1) is 0 Å². The van der Waals surface area contributed by atoms with Gasteiger partial charge < -0.3 is 5.11 Å². The summed E-state index contributed by atoms with van der Waals surface area (Å²) in [5.74, 6) is -0.745. The van der Waals surface area contributed by atoms with E-state index in [9.17, 15) is 10.1 Å². The highest BCUT2D eigenvalue weighted by Crippen LogP contribution is 2.31. The molecule has 4 nitrogen and oxygen atoms in total. The summed E-state index contributed by atoms with van der Waals surface area (Å²) in [6.45, 7) is 2.11. The minimum atomic E-state index is -0.972. The van der Waals surface area contributed by atoms with Gasteiger partial charge in [0.1, 0.15) is 0 Å². The summed E-state index contributed by atoms with van der Waals surface area (Å²) in [7, 11) is 0. The number of carboxylic acids is 1. The van der Waals surface area contributed by atoms with Gasteiger partial charge >= 0.3 is 5.97 Å². The zero-order valence-corrected chi connectivity index (χ0v) is 13.9. The number of carboxylic acid groups (broad SMARTS) is 1. The van der Waals surface area contributed by atoms with Crippen LogP contribution in [0, 0.1) is 11.3 Å². The van der Waals surface area contributed by atoms with Crippen molar-refractivity contribution in [1.82, 2.24) is 4.98 Å². The zero-order valence-electron chi connectivity index (χ0n) is 13.9. The number of nitriles is 1. The standard InChI is InChI=1S/C21H18N2O2/c1-2-17-9-15(11-22)3-5-18-8-14(4-6-20(17)18)7-16-10-19(21(24)25)13-23-12-16/h3-6,8-10,12-13,17H,2,7H2,1H3,(H,24,25). The first kappa shape index (κ1) is 16.7. The van der Waals surface area contributed by atoms with Gasteiger partial charge in [0.15, 0.2) is 0 Å². The van der Waals surface area contributed by atoms with Gasteiger partial charge in [-0.25, -0.2) is 4.79 Å². The second kappa shape index (κ2) is 7.14. The molecule has 1 heterocycles. The molecule has 0 fully saturated rings. The first-order valence-corrected chi connectivity index (χ1v) is 8.20. The number of hydrogen-bond acceptors (Lipinski definition) is 3.